The molecule has 4 rings (SSSR count). The Bertz CT molecular complexity index is 613. The summed E-state index contributed by atoms with van der Waals surface area (Å²) in [7, 11) is 0. The van der Waals surface area contributed by atoms with Crippen molar-refractivity contribution in [2.24, 2.45) is 0 Å². The molecule has 0 radical (unpaired) electrons. The summed E-state index contributed by atoms with van der Waals surface area (Å²) in [6.45, 7) is 2.39. The number of benzene rings is 1. The molecule has 2 atom stereocenters. The number of aliphatic hydroxyl groups excluding tert-OH is 1. The number of thiophene rings is 1. The molecule has 3 heteroatoms. The smallest absolute Gasteiger partial charge is 0.0578 e. The van der Waals surface area contributed by atoms with Gasteiger partial charge in [0, 0.05) is 9.58 Å². The first-order valence-corrected chi connectivity index (χ1v) is 9.52. The molecule has 2 aromatic rings. The van der Waals surface area contributed by atoms with E-state index in [0.29, 0.717) is 0 Å². The molecule has 2 nitrogen and oxygen atoms in total. The molecular weight excluding hydrogens is 290 g/mol. The minimum Gasteiger partial charge on any atom is -0.393 e. The maximum absolute atomic E-state index is 10.4. The number of hydrogen-bond acceptors (Lipinski definition) is 3. The van der Waals surface area contributed by atoms with Crippen molar-refractivity contribution in [2.75, 3.05) is 13.1 Å². The van der Waals surface area contributed by atoms with Gasteiger partial charge in [-0.25, -0.2) is 0 Å². The Morgan fingerprint density at radius 3 is 2.68 bits per heavy atom. The lowest BCUT2D eigenvalue weighted by Gasteiger charge is -2.49. The molecule has 22 heavy (non-hydrogen) atoms. The van der Waals surface area contributed by atoms with Gasteiger partial charge in [-0.15, -0.1) is 11.3 Å². The van der Waals surface area contributed by atoms with Gasteiger partial charge in [-0.2, -0.15) is 0 Å². The van der Waals surface area contributed by atoms with Crippen LogP contribution in [0.3, 0.4) is 0 Å². The van der Waals surface area contributed by atoms with E-state index in [1.165, 1.54) is 53.7 Å². The van der Waals surface area contributed by atoms with Gasteiger partial charge >= 0.3 is 0 Å². The van der Waals surface area contributed by atoms with Crippen LogP contribution in [0.2, 0.25) is 0 Å². The summed E-state index contributed by atoms with van der Waals surface area (Å²) < 4.78 is 1.38. The first-order chi connectivity index (χ1) is 10.8. The van der Waals surface area contributed by atoms with Crippen LogP contribution < -0.4 is 0 Å². The number of hydrogen-bond donors (Lipinski definition) is 1. The third-order valence-electron chi connectivity index (χ3n) is 5.55. The second-order valence-corrected chi connectivity index (χ2v) is 8.06. The Morgan fingerprint density at radius 2 is 1.91 bits per heavy atom. The molecule has 2 aliphatic rings. The van der Waals surface area contributed by atoms with Crippen molar-refractivity contribution in [3.8, 4) is 0 Å². The normalized spacial score (nSPS) is 30.7. The molecule has 1 N–H and O–H groups in total. The number of piperidine rings is 1. The average molecular weight is 315 g/mol. The van der Waals surface area contributed by atoms with Crippen molar-refractivity contribution in [3.63, 3.8) is 0 Å². The molecule has 2 fully saturated rings. The minimum absolute atomic E-state index is 0.0851. The van der Waals surface area contributed by atoms with Gasteiger partial charge in [-0.3, -0.25) is 4.90 Å². The second-order valence-electron chi connectivity index (χ2n) is 6.98. The van der Waals surface area contributed by atoms with Gasteiger partial charge in [0.15, 0.2) is 0 Å². The van der Waals surface area contributed by atoms with E-state index in [4.69, 9.17) is 0 Å². The van der Waals surface area contributed by atoms with E-state index in [2.05, 4.69) is 35.2 Å². The zero-order chi connectivity index (χ0) is 15.0. The predicted molar refractivity (Wildman–Crippen MR) is 93.4 cm³/mol. The summed E-state index contributed by atoms with van der Waals surface area (Å²) in [6.07, 6.45) is 8.08. The van der Waals surface area contributed by atoms with Gasteiger partial charge in [0.2, 0.25) is 0 Å². The maximum Gasteiger partial charge on any atom is 0.0578 e. The van der Waals surface area contributed by atoms with Crippen molar-refractivity contribution in [2.45, 2.75) is 56.6 Å². The van der Waals surface area contributed by atoms with Crippen LogP contribution in [-0.2, 0) is 5.54 Å². The molecule has 1 aromatic carbocycles. The highest BCUT2D eigenvalue weighted by Gasteiger charge is 2.43. The number of rotatable bonds is 2. The van der Waals surface area contributed by atoms with Crippen LogP contribution in [0.25, 0.3) is 10.1 Å². The van der Waals surface area contributed by atoms with E-state index >= 15 is 0 Å². The van der Waals surface area contributed by atoms with Crippen LogP contribution in [0.1, 0.15) is 49.8 Å². The molecule has 1 aliphatic heterocycles. The zero-order valence-electron chi connectivity index (χ0n) is 13.1. The molecule has 1 saturated carbocycles. The van der Waals surface area contributed by atoms with E-state index in [1.807, 2.05) is 11.3 Å². The van der Waals surface area contributed by atoms with Gasteiger partial charge in [-0.1, -0.05) is 24.6 Å². The van der Waals surface area contributed by atoms with Gasteiger partial charge < -0.3 is 5.11 Å². The standard InChI is InChI=1S/C19H25NOS/c21-16-8-6-10-19(14-16,20-11-4-1-5-12-20)18-13-15-7-2-3-9-17(15)22-18/h2-3,7,9,13,16,21H,1,4-6,8,10-12,14H2/t16-,19-/m1/s1. The van der Waals surface area contributed by atoms with Crippen molar-refractivity contribution in [1.29, 1.82) is 0 Å². The summed E-state index contributed by atoms with van der Waals surface area (Å²) >= 11 is 1.95. The lowest BCUT2D eigenvalue weighted by atomic mass is 9.76. The van der Waals surface area contributed by atoms with Crippen LogP contribution >= 0.6 is 11.3 Å². The highest BCUT2D eigenvalue weighted by atomic mass is 32.1. The molecule has 0 bridgehead atoms. The van der Waals surface area contributed by atoms with Crippen molar-refractivity contribution in [3.05, 3.63) is 35.2 Å². The minimum atomic E-state index is -0.138. The lowest BCUT2D eigenvalue weighted by Crippen LogP contribution is -2.51. The predicted octanol–water partition coefficient (Wildman–Crippen LogP) is 4.52. The average Bonchev–Trinajstić information content (AvgIpc) is 3.00. The Hall–Kier alpha value is -0.900. The van der Waals surface area contributed by atoms with Crippen LogP contribution in [0.4, 0.5) is 0 Å². The van der Waals surface area contributed by atoms with Gasteiger partial charge in [0.25, 0.3) is 0 Å². The highest BCUT2D eigenvalue weighted by Crippen LogP contribution is 2.47. The largest absolute Gasteiger partial charge is 0.393 e. The first kappa shape index (κ1) is 14.7. The topological polar surface area (TPSA) is 23.5 Å². The number of likely N-dealkylation sites (tertiary alicyclic amines) is 1. The van der Waals surface area contributed by atoms with Gasteiger partial charge in [0.05, 0.1) is 11.6 Å². The Labute approximate surface area is 136 Å². The van der Waals surface area contributed by atoms with E-state index in [1.54, 1.807) is 0 Å². The SMILES string of the molecule is O[C@@H]1CCC[C@@](c2cc3ccccc3s2)(N2CCCCC2)C1. The molecule has 118 valence electrons. The fraction of sp³-hybridized carbons (Fsp3) is 0.579. The summed E-state index contributed by atoms with van der Waals surface area (Å²) in [5.74, 6) is 0. The Kier molecular flexibility index (Phi) is 3.97. The molecule has 2 heterocycles. The van der Waals surface area contributed by atoms with Crippen molar-refractivity contribution < 1.29 is 5.11 Å². The Balaban J connectivity index is 1.78. The monoisotopic (exact) mass is 315 g/mol. The second kappa shape index (κ2) is 5.95. The molecule has 1 aliphatic carbocycles. The fourth-order valence-electron chi connectivity index (χ4n) is 4.42. The lowest BCUT2D eigenvalue weighted by molar-refractivity contribution is -0.0187. The van der Waals surface area contributed by atoms with Crippen LogP contribution in [0.5, 0.6) is 0 Å². The van der Waals surface area contributed by atoms with E-state index in [9.17, 15) is 5.11 Å². The number of fused-ring (bicyclic) bond motifs is 1. The van der Waals surface area contributed by atoms with Crippen LogP contribution in [-0.4, -0.2) is 29.2 Å². The number of aliphatic hydroxyl groups is 1. The van der Waals surface area contributed by atoms with Gasteiger partial charge in [-0.05, 0) is 69.1 Å². The van der Waals surface area contributed by atoms with E-state index < -0.39 is 0 Å². The van der Waals surface area contributed by atoms with Crippen molar-refractivity contribution in [1.82, 2.24) is 4.90 Å². The summed E-state index contributed by atoms with van der Waals surface area (Å²) in [5, 5.41) is 11.7. The molecule has 0 unspecified atom stereocenters. The molecule has 0 spiro atoms. The van der Waals surface area contributed by atoms with E-state index in [-0.39, 0.29) is 11.6 Å². The highest BCUT2D eigenvalue weighted by molar-refractivity contribution is 7.19. The molecule has 1 aromatic heterocycles. The van der Waals surface area contributed by atoms with Crippen molar-refractivity contribution >= 4 is 21.4 Å². The zero-order valence-corrected chi connectivity index (χ0v) is 13.9. The van der Waals surface area contributed by atoms with Gasteiger partial charge in [0.1, 0.15) is 0 Å². The van der Waals surface area contributed by atoms with Crippen LogP contribution in [0, 0.1) is 0 Å². The third-order valence-corrected chi connectivity index (χ3v) is 6.86. The number of nitrogens with zero attached hydrogens (tertiary/aromatic N) is 1. The molecule has 0 amide bonds. The summed E-state index contributed by atoms with van der Waals surface area (Å²) in [6, 6.07) is 11.1. The summed E-state index contributed by atoms with van der Waals surface area (Å²) in [5.41, 5.74) is 0.0851. The van der Waals surface area contributed by atoms with Crippen LogP contribution in [0.15, 0.2) is 30.3 Å². The first-order valence-electron chi connectivity index (χ1n) is 8.70. The fourth-order valence-corrected chi connectivity index (χ4v) is 5.74. The van der Waals surface area contributed by atoms with E-state index in [0.717, 1.165) is 19.3 Å². The third kappa shape index (κ3) is 2.49. The maximum atomic E-state index is 10.4. The molecular formula is C19H25NOS. The summed E-state index contributed by atoms with van der Waals surface area (Å²) in [4.78, 5) is 4.18. The Morgan fingerprint density at radius 1 is 1.09 bits per heavy atom. The quantitative estimate of drug-likeness (QED) is 0.881. The molecule has 1 saturated heterocycles.